The van der Waals surface area contributed by atoms with Crippen LogP contribution in [0.3, 0.4) is 0 Å². The smallest absolute Gasteiger partial charge is 0.335 e. The van der Waals surface area contributed by atoms with Gasteiger partial charge in [0.25, 0.3) is 0 Å². The summed E-state index contributed by atoms with van der Waals surface area (Å²) in [7, 11) is 0. The van der Waals surface area contributed by atoms with Crippen LogP contribution in [0.2, 0.25) is 0 Å². The summed E-state index contributed by atoms with van der Waals surface area (Å²) in [6.07, 6.45) is -3.27. The zero-order valence-electron chi connectivity index (χ0n) is 12.5. The maximum Gasteiger partial charge on any atom is 0.335 e. The number of benzene rings is 1. The molecule has 0 aliphatic heterocycles. The number of rotatable bonds is 4. The minimum atomic E-state index is -2.62. The fourth-order valence-corrected chi connectivity index (χ4v) is 2.65. The van der Waals surface area contributed by atoms with Crippen molar-refractivity contribution in [2.24, 2.45) is 0 Å². The molecule has 0 heterocycles. The van der Waals surface area contributed by atoms with Gasteiger partial charge in [0.05, 0.1) is 12.2 Å². The highest BCUT2D eigenvalue weighted by molar-refractivity contribution is 6.01. The Morgan fingerprint density at radius 2 is 1.54 bits per heavy atom. The van der Waals surface area contributed by atoms with Crippen LogP contribution in [0.25, 0.3) is 6.08 Å². The lowest BCUT2D eigenvalue weighted by Gasteiger charge is -2.44. The minimum Gasteiger partial charge on any atom is -0.508 e. The van der Waals surface area contributed by atoms with Crippen LogP contribution in [-0.2, 0) is 9.59 Å². The topological polar surface area (TPSA) is 156 Å². The van der Waals surface area contributed by atoms with Crippen molar-refractivity contribution in [1.29, 1.82) is 0 Å². The van der Waals surface area contributed by atoms with E-state index in [-0.39, 0.29) is 5.75 Å². The first-order valence-corrected chi connectivity index (χ1v) is 7.15. The molecule has 6 N–H and O–H groups in total. The van der Waals surface area contributed by atoms with Crippen molar-refractivity contribution in [1.82, 2.24) is 0 Å². The second-order valence-electron chi connectivity index (χ2n) is 5.89. The van der Waals surface area contributed by atoms with E-state index >= 15 is 0 Å². The fraction of sp³-hybridized carbons (Fsp3) is 0.375. The van der Waals surface area contributed by atoms with Gasteiger partial charge in [-0.25, -0.2) is 4.79 Å². The van der Waals surface area contributed by atoms with E-state index in [9.17, 15) is 35.1 Å². The predicted octanol–water partition coefficient (Wildman–Crippen LogP) is -0.963. The standard InChI is InChI=1S/C16H18O8/c17-10-4-1-9(2-5-10)3-6-11(18)16(24)12(19)7-15(23,14(21)22)8-13(16)20/h1-6,12-13,17,19-20,23-24H,7-8H2,(H,21,22)/b6-3+/t12-,13-,15?,16?/m1/s1. The summed E-state index contributed by atoms with van der Waals surface area (Å²) in [5.74, 6) is -2.65. The van der Waals surface area contributed by atoms with Gasteiger partial charge in [-0.2, -0.15) is 0 Å². The van der Waals surface area contributed by atoms with Crippen molar-refractivity contribution in [2.45, 2.75) is 36.3 Å². The Hall–Kier alpha value is -2.26. The van der Waals surface area contributed by atoms with E-state index in [4.69, 9.17) is 5.11 Å². The fourth-order valence-electron chi connectivity index (χ4n) is 2.65. The number of aliphatic carboxylic acids is 1. The van der Waals surface area contributed by atoms with Crippen LogP contribution in [0.1, 0.15) is 18.4 Å². The molecule has 2 rings (SSSR count). The number of ketones is 1. The number of aliphatic hydroxyl groups is 4. The molecule has 0 amide bonds. The number of carboxylic acid groups (broad SMARTS) is 1. The van der Waals surface area contributed by atoms with Gasteiger partial charge in [0.15, 0.2) is 17.0 Å². The van der Waals surface area contributed by atoms with Crippen LogP contribution < -0.4 is 0 Å². The van der Waals surface area contributed by atoms with E-state index in [0.717, 1.165) is 6.08 Å². The Bertz CT molecular complexity index is 651. The Morgan fingerprint density at radius 3 is 2.00 bits per heavy atom. The Labute approximate surface area is 136 Å². The molecule has 0 spiro atoms. The normalized spacial score (nSPS) is 33.5. The molecule has 0 radical (unpaired) electrons. The maximum absolute atomic E-state index is 12.2. The minimum absolute atomic E-state index is 0.0307. The quantitative estimate of drug-likeness (QED) is 0.383. The molecule has 0 bridgehead atoms. The molecule has 1 fully saturated rings. The lowest BCUT2D eigenvalue weighted by molar-refractivity contribution is -0.215. The SMILES string of the molecule is O=C(O)C1(O)C[C@@H](O)C(O)(C(=O)/C=C/c2ccc(O)cc2)[C@H](O)C1. The third-order valence-electron chi connectivity index (χ3n) is 4.19. The highest BCUT2D eigenvalue weighted by atomic mass is 16.4. The summed E-state index contributed by atoms with van der Waals surface area (Å²) in [6, 6.07) is 5.77. The van der Waals surface area contributed by atoms with Crippen molar-refractivity contribution in [3.63, 3.8) is 0 Å². The molecule has 130 valence electrons. The van der Waals surface area contributed by atoms with Crippen molar-refractivity contribution < 1.29 is 40.2 Å². The lowest BCUT2D eigenvalue weighted by atomic mass is 9.70. The monoisotopic (exact) mass is 338 g/mol. The number of hydrogen-bond donors (Lipinski definition) is 6. The Kier molecular flexibility index (Phi) is 4.77. The van der Waals surface area contributed by atoms with E-state index in [1.54, 1.807) is 0 Å². The van der Waals surface area contributed by atoms with Gasteiger partial charge in [0.1, 0.15) is 5.75 Å². The van der Waals surface area contributed by atoms with Crippen LogP contribution in [0.5, 0.6) is 5.75 Å². The molecular weight excluding hydrogens is 320 g/mol. The van der Waals surface area contributed by atoms with Gasteiger partial charge < -0.3 is 30.6 Å². The Balaban J connectivity index is 2.21. The van der Waals surface area contributed by atoms with Crippen molar-refractivity contribution in [3.8, 4) is 5.75 Å². The van der Waals surface area contributed by atoms with Gasteiger partial charge in [0, 0.05) is 12.8 Å². The average Bonchev–Trinajstić information content (AvgIpc) is 2.51. The van der Waals surface area contributed by atoms with Gasteiger partial charge in [0.2, 0.25) is 0 Å². The van der Waals surface area contributed by atoms with Gasteiger partial charge in [-0.1, -0.05) is 18.2 Å². The number of aromatic hydroxyl groups is 1. The molecule has 2 atom stereocenters. The first kappa shape index (κ1) is 18.1. The second kappa shape index (κ2) is 6.33. The first-order chi connectivity index (χ1) is 11.1. The number of carboxylic acids is 1. The first-order valence-electron chi connectivity index (χ1n) is 7.15. The largest absolute Gasteiger partial charge is 0.508 e. The summed E-state index contributed by atoms with van der Waals surface area (Å²) < 4.78 is 0. The van der Waals surface area contributed by atoms with Crippen molar-refractivity contribution in [2.75, 3.05) is 0 Å². The molecular formula is C16H18O8. The summed E-state index contributed by atoms with van der Waals surface area (Å²) >= 11 is 0. The number of carbonyl (C=O) groups excluding carboxylic acids is 1. The third kappa shape index (κ3) is 3.17. The highest BCUT2D eigenvalue weighted by Crippen LogP contribution is 2.36. The number of aliphatic hydroxyl groups excluding tert-OH is 2. The third-order valence-corrected chi connectivity index (χ3v) is 4.19. The highest BCUT2D eigenvalue weighted by Gasteiger charge is 2.59. The lowest BCUT2D eigenvalue weighted by Crippen LogP contribution is -2.66. The summed E-state index contributed by atoms with van der Waals surface area (Å²) in [5, 5.41) is 58.3. The molecule has 8 nitrogen and oxygen atoms in total. The van der Waals surface area contributed by atoms with Crippen LogP contribution in [0.4, 0.5) is 0 Å². The van der Waals surface area contributed by atoms with Crippen LogP contribution in [-0.4, -0.2) is 65.8 Å². The predicted molar refractivity (Wildman–Crippen MR) is 80.9 cm³/mol. The zero-order valence-corrected chi connectivity index (χ0v) is 12.5. The van der Waals surface area contributed by atoms with Crippen molar-refractivity contribution in [3.05, 3.63) is 35.9 Å². The molecule has 0 unspecified atom stereocenters. The molecule has 1 aliphatic rings. The number of carbonyl (C=O) groups is 2. The number of phenolic OH excluding ortho intramolecular Hbond substituents is 1. The second-order valence-corrected chi connectivity index (χ2v) is 5.89. The van der Waals surface area contributed by atoms with E-state index < -0.39 is 48.0 Å². The van der Waals surface area contributed by atoms with Crippen LogP contribution in [0, 0.1) is 0 Å². The van der Waals surface area contributed by atoms with E-state index in [0.29, 0.717) is 5.56 Å². The van der Waals surface area contributed by atoms with Gasteiger partial charge in [-0.15, -0.1) is 0 Å². The summed E-state index contributed by atoms with van der Waals surface area (Å²) in [5.41, 5.74) is -4.52. The van der Waals surface area contributed by atoms with Gasteiger partial charge in [-0.05, 0) is 23.8 Å². The molecule has 8 heteroatoms. The number of phenols is 1. The Morgan fingerprint density at radius 1 is 1.04 bits per heavy atom. The van der Waals surface area contributed by atoms with E-state index in [2.05, 4.69) is 0 Å². The van der Waals surface area contributed by atoms with Gasteiger partial charge in [-0.3, -0.25) is 4.79 Å². The molecule has 1 aromatic carbocycles. The maximum atomic E-state index is 12.2. The number of hydrogen-bond acceptors (Lipinski definition) is 7. The van der Waals surface area contributed by atoms with Crippen LogP contribution in [0.15, 0.2) is 30.3 Å². The average molecular weight is 338 g/mol. The van der Waals surface area contributed by atoms with E-state index in [1.165, 1.54) is 30.3 Å². The zero-order chi connectivity index (χ0) is 18.1. The molecule has 0 aromatic heterocycles. The molecule has 1 saturated carbocycles. The molecule has 1 aliphatic carbocycles. The van der Waals surface area contributed by atoms with Crippen LogP contribution >= 0.6 is 0 Å². The van der Waals surface area contributed by atoms with E-state index in [1.807, 2.05) is 0 Å². The van der Waals surface area contributed by atoms with Crippen molar-refractivity contribution >= 4 is 17.8 Å². The summed E-state index contributed by atoms with van der Waals surface area (Å²) in [6.45, 7) is 0. The van der Waals surface area contributed by atoms with Gasteiger partial charge >= 0.3 is 5.97 Å². The molecule has 0 saturated heterocycles. The molecule has 24 heavy (non-hydrogen) atoms. The molecule has 1 aromatic rings. The summed E-state index contributed by atoms with van der Waals surface area (Å²) in [4.78, 5) is 23.2.